The van der Waals surface area contributed by atoms with Crippen molar-refractivity contribution in [1.82, 2.24) is 4.31 Å². The summed E-state index contributed by atoms with van der Waals surface area (Å²) in [5.74, 6) is 0. The van der Waals surface area contributed by atoms with Gasteiger partial charge < -0.3 is 5.11 Å². The molecule has 1 aliphatic heterocycles. The van der Waals surface area contributed by atoms with Crippen molar-refractivity contribution in [2.75, 3.05) is 13.1 Å². The maximum absolute atomic E-state index is 12.6. The highest BCUT2D eigenvalue weighted by atomic mass is 32.2. The number of benzene rings is 1. The highest BCUT2D eigenvalue weighted by Gasteiger charge is 2.29. The summed E-state index contributed by atoms with van der Waals surface area (Å²) in [6.45, 7) is 0.834. The predicted octanol–water partition coefficient (Wildman–Crippen LogP) is 1.71. The lowest BCUT2D eigenvalue weighted by Gasteiger charge is -2.29. The number of piperidine rings is 1. The van der Waals surface area contributed by atoms with E-state index >= 15 is 0 Å². The number of hydrogen-bond acceptors (Lipinski definition) is 3. The van der Waals surface area contributed by atoms with Gasteiger partial charge in [0, 0.05) is 13.1 Å². The smallest absolute Gasteiger partial charge is 0.243 e. The van der Waals surface area contributed by atoms with Crippen LogP contribution < -0.4 is 0 Å². The molecule has 0 amide bonds. The third-order valence-electron chi connectivity index (χ3n) is 4.38. The van der Waals surface area contributed by atoms with Gasteiger partial charge in [0.1, 0.15) is 0 Å². The van der Waals surface area contributed by atoms with Gasteiger partial charge in [-0.1, -0.05) is 6.07 Å². The van der Waals surface area contributed by atoms with Crippen LogP contribution >= 0.6 is 0 Å². The minimum absolute atomic E-state index is 0.356. The fraction of sp³-hybridized carbons (Fsp3) is 0.600. The Morgan fingerprint density at radius 1 is 1.05 bits per heavy atom. The Morgan fingerprint density at radius 3 is 2.40 bits per heavy atom. The Labute approximate surface area is 120 Å². The number of sulfonamides is 1. The van der Waals surface area contributed by atoms with Crippen molar-refractivity contribution in [2.45, 2.75) is 49.5 Å². The molecule has 0 aromatic heterocycles. The summed E-state index contributed by atoms with van der Waals surface area (Å²) in [7, 11) is -3.40. The van der Waals surface area contributed by atoms with Crippen LogP contribution in [0.5, 0.6) is 0 Å². The van der Waals surface area contributed by atoms with Crippen molar-refractivity contribution in [3.05, 3.63) is 29.3 Å². The van der Waals surface area contributed by atoms with Gasteiger partial charge in [0.05, 0.1) is 11.0 Å². The Balaban J connectivity index is 1.87. The number of aliphatic hydroxyl groups excluding tert-OH is 1. The number of rotatable bonds is 2. The molecule has 0 saturated carbocycles. The summed E-state index contributed by atoms with van der Waals surface area (Å²) in [6, 6.07) is 5.57. The zero-order valence-electron chi connectivity index (χ0n) is 11.6. The molecule has 1 heterocycles. The molecule has 1 aliphatic carbocycles. The van der Waals surface area contributed by atoms with E-state index in [4.69, 9.17) is 0 Å². The van der Waals surface area contributed by atoms with E-state index in [0.29, 0.717) is 30.8 Å². The van der Waals surface area contributed by atoms with Gasteiger partial charge in [-0.15, -0.1) is 0 Å². The molecule has 1 fully saturated rings. The summed E-state index contributed by atoms with van der Waals surface area (Å²) >= 11 is 0. The van der Waals surface area contributed by atoms with E-state index in [2.05, 4.69) is 0 Å². The Hall–Kier alpha value is -0.910. The minimum atomic E-state index is -3.40. The molecule has 0 atom stereocenters. The molecular weight excluding hydrogens is 274 g/mol. The molecule has 0 bridgehead atoms. The van der Waals surface area contributed by atoms with Crippen LogP contribution in [0.2, 0.25) is 0 Å². The number of hydrogen-bond donors (Lipinski definition) is 1. The number of fused-ring (bicyclic) bond motifs is 1. The molecule has 0 radical (unpaired) electrons. The summed E-state index contributed by atoms with van der Waals surface area (Å²) in [5.41, 5.74) is 2.48. The van der Waals surface area contributed by atoms with Crippen molar-refractivity contribution in [1.29, 1.82) is 0 Å². The summed E-state index contributed by atoms with van der Waals surface area (Å²) < 4.78 is 26.8. The first-order valence-corrected chi connectivity index (χ1v) is 8.81. The molecule has 1 saturated heterocycles. The van der Waals surface area contributed by atoms with E-state index in [9.17, 15) is 13.5 Å². The largest absolute Gasteiger partial charge is 0.393 e. The lowest BCUT2D eigenvalue weighted by Crippen LogP contribution is -2.40. The first-order valence-electron chi connectivity index (χ1n) is 7.37. The number of aliphatic hydroxyl groups is 1. The molecule has 1 N–H and O–H groups in total. The SMILES string of the molecule is O=S(=O)(c1ccc2c(c1)CCCC2)N1CCC(O)CC1. The third kappa shape index (κ3) is 2.62. The Bertz CT molecular complexity index is 589. The molecule has 110 valence electrons. The van der Waals surface area contributed by atoms with Gasteiger partial charge in [-0.25, -0.2) is 8.42 Å². The maximum atomic E-state index is 12.6. The van der Waals surface area contributed by atoms with Crippen LogP contribution in [0.25, 0.3) is 0 Å². The zero-order valence-corrected chi connectivity index (χ0v) is 12.4. The quantitative estimate of drug-likeness (QED) is 0.903. The second kappa shape index (κ2) is 5.47. The fourth-order valence-corrected chi connectivity index (χ4v) is 4.62. The van der Waals surface area contributed by atoms with Crippen LogP contribution in [0, 0.1) is 0 Å². The van der Waals surface area contributed by atoms with Gasteiger partial charge in [0.25, 0.3) is 0 Å². The molecule has 0 unspecified atom stereocenters. The topological polar surface area (TPSA) is 57.6 Å². The molecule has 3 rings (SSSR count). The predicted molar refractivity (Wildman–Crippen MR) is 77.1 cm³/mol. The molecule has 20 heavy (non-hydrogen) atoms. The van der Waals surface area contributed by atoms with Crippen LogP contribution in [0.1, 0.15) is 36.8 Å². The van der Waals surface area contributed by atoms with E-state index in [1.165, 1.54) is 21.9 Å². The lowest BCUT2D eigenvalue weighted by molar-refractivity contribution is 0.113. The van der Waals surface area contributed by atoms with Gasteiger partial charge in [-0.05, 0) is 61.8 Å². The van der Waals surface area contributed by atoms with Gasteiger partial charge in [0.2, 0.25) is 10.0 Å². The van der Waals surface area contributed by atoms with Crippen molar-refractivity contribution in [2.24, 2.45) is 0 Å². The van der Waals surface area contributed by atoms with Crippen molar-refractivity contribution in [3.63, 3.8) is 0 Å². The lowest BCUT2D eigenvalue weighted by atomic mass is 9.92. The van der Waals surface area contributed by atoms with E-state index in [0.717, 1.165) is 19.3 Å². The van der Waals surface area contributed by atoms with E-state index < -0.39 is 10.0 Å². The van der Waals surface area contributed by atoms with Crippen molar-refractivity contribution >= 4 is 10.0 Å². The van der Waals surface area contributed by atoms with Crippen molar-refractivity contribution in [3.8, 4) is 0 Å². The molecule has 1 aromatic carbocycles. The standard InChI is InChI=1S/C15H21NO3S/c17-14-7-9-16(10-8-14)20(18,19)15-6-5-12-3-1-2-4-13(12)11-15/h5-6,11,14,17H,1-4,7-10H2. The van der Waals surface area contributed by atoms with Gasteiger partial charge in [-0.3, -0.25) is 0 Å². The highest BCUT2D eigenvalue weighted by molar-refractivity contribution is 7.89. The van der Waals surface area contributed by atoms with Crippen molar-refractivity contribution < 1.29 is 13.5 Å². The molecule has 4 nitrogen and oxygen atoms in total. The average Bonchev–Trinajstić information content (AvgIpc) is 2.47. The molecule has 5 heteroatoms. The second-order valence-corrected chi connectivity index (χ2v) is 7.71. The van der Waals surface area contributed by atoms with Crippen LogP contribution in [0.15, 0.2) is 23.1 Å². The maximum Gasteiger partial charge on any atom is 0.243 e. The van der Waals surface area contributed by atoms with Crippen LogP contribution in [0.4, 0.5) is 0 Å². The second-order valence-electron chi connectivity index (χ2n) is 5.77. The highest BCUT2D eigenvalue weighted by Crippen LogP contribution is 2.27. The average molecular weight is 295 g/mol. The first-order chi connectivity index (χ1) is 9.57. The number of aryl methyl sites for hydroxylation is 2. The van der Waals surface area contributed by atoms with E-state index in [1.807, 2.05) is 12.1 Å². The summed E-state index contributed by atoms with van der Waals surface area (Å²) in [4.78, 5) is 0.412. The Morgan fingerprint density at radius 2 is 1.70 bits per heavy atom. The van der Waals surface area contributed by atoms with Gasteiger partial charge in [-0.2, -0.15) is 4.31 Å². The normalized spacial score (nSPS) is 21.6. The zero-order chi connectivity index (χ0) is 14.2. The van der Waals surface area contributed by atoms with E-state index in [1.54, 1.807) is 6.07 Å². The molecule has 0 spiro atoms. The van der Waals surface area contributed by atoms with Gasteiger partial charge in [0.15, 0.2) is 0 Å². The number of nitrogens with zero attached hydrogens (tertiary/aromatic N) is 1. The minimum Gasteiger partial charge on any atom is -0.393 e. The molecular formula is C15H21NO3S. The first kappa shape index (κ1) is 14.0. The van der Waals surface area contributed by atoms with E-state index in [-0.39, 0.29) is 6.10 Å². The van der Waals surface area contributed by atoms with Crippen LogP contribution in [0.3, 0.4) is 0 Å². The monoisotopic (exact) mass is 295 g/mol. The third-order valence-corrected chi connectivity index (χ3v) is 6.28. The summed E-state index contributed by atoms with van der Waals surface area (Å²) in [5, 5.41) is 9.50. The van der Waals surface area contributed by atoms with Crippen LogP contribution in [-0.4, -0.2) is 37.0 Å². The van der Waals surface area contributed by atoms with Crippen LogP contribution in [-0.2, 0) is 22.9 Å². The van der Waals surface area contributed by atoms with Gasteiger partial charge >= 0.3 is 0 Å². The summed E-state index contributed by atoms with van der Waals surface area (Å²) in [6.07, 6.45) is 5.09. The Kier molecular flexibility index (Phi) is 3.84. The molecule has 1 aromatic rings. The molecule has 2 aliphatic rings. The fourth-order valence-electron chi connectivity index (χ4n) is 3.10.